The van der Waals surface area contributed by atoms with Crippen molar-refractivity contribution in [2.24, 2.45) is 5.84 Å². The van der Waals surface area contributed by atoms with Gasteiger partial charge < -0.3 is 10.2 Å². The second-order valence-electron chi connectivity index (χ2n) is 4.84. The van der Waals surface area contributed by atoms with Crippen molar-refractivity contribution in [3.63, 3.8) is 0 Å². The summed E-state index contributed by atoms with van der Waals surface area (Å²) in [6.07, 6.45) is 2.41. The van der Waals surface area contributed by atoms with Crippen molar-refractivity contribution in [2.75, 3.05) is 5.43 Å². The summed E-state index contributed by atoms with van der Waals surface area (Å²) in [7, 11) is 0. The van der Waals surface area contributed by atoms with Gasteiger partial charge in [-0.05, 0) is 30.0 Å². The molecular formula is C15H20N4O. The molecule has 2 rings (SSSR count). The molecule has 0 bridgehead atoms. The quantitative estimate of drug-likeness (QED) is 0.645. The van der Waals surface area contributed by atoms with Gasteiger partial charge in [-0.1, -0.05) is 32.9 Å². The van der Waals surface area contributed by atoms with Crippen LogP contribution in [0.2, 0.25) is 0 Å². The van der Waals surface area contributed by atoms with Gasteiger partial charge in [-0.2, -0.15) is 0 Å². The number of hydrogen-bond acceptors (Lipinski definition) is 5. The van der Waals surface area contributed by atoms with Gasteiger partial charge in [-0.25, -0.2) is 15.8 Å². The zero-order chi connectivity index (χ0) is 14.5. The van der Waals surface area contributed by atoms with E-state index in [0.29, 0.717) is 11.7 Å². The number of benzene rings is 1. The molecule has 1 aromatic heterocycles. The van der Waals surface area contributed by atoms with Gasteiger partial charge in [-0.15, -0.1) is 0 Å². The van der Waals surface area contributed by atoms with Crippen LogP contribution in [0.4, 0.5) is 5.82 Å². The number of hydrogen-bond donors (Lipinski definition) is 2. The Labute approximate surface area is 119 Å². The average Bonchev–Trinajstić information content (AvgIpc) is 2.46. The third kappa shape index (κ3) is 3.05. The smallest absolute Gasteiger partial charge is 0.227 e. The second-order valence-corrected chi connectivity index (χ2v) is 4.84. The highest BCUT2D eigenvalue weighted by molar-refractivity contribution is 5.50. The van der Waals surface area contributed by atoms with Crippen molar-refractivity contribution in [1.29, 1.82) is 0 Å². The van der Waals surface area contributed by atoms with Crippen molar-refractivity contribution in [3.8, 4) is 11.6 Å². The van der Waals surface area contributed by atoms with Crippen LogP contribution in [0, 0.1) is 0 Å². The Morgan fingerprint density at radius 1 is 1.30 bits per heavy atom. The van der Waals surface area contributed by atoms with Crippen LogP contribution in [0.25, 0.3) is 0 Å². The normalized spacial score (nSPS) is 10.7. The Kier molecular flexibility index (Phi) is 4.53. The maximum atomic E-state index is 5.91. The van der Waals surface area contributed by atoms with Gasteiger partial charge in [-0.3, -0.25) is 0 Å². The van der Waals surface area contributed by atoms with E-state index in [2.05, 4.69) is 42.2 Å². The van der Waals surface area contributed by atoms with Crippen molar-refractivity contribution in [1.82, 2.24) is 9.97 Å². The van der Waals surface area contributed by atoms with Gasteiger partial charge in [0.05, 0.1) is 5.56 Å². The molecule has 2 aromatic rings. The number of nitrogens with zero attached hydrogens (tertiary/aromatic N) is 2. The summed E-state index contributed by atoms with van der Waals surface area (Å²) >= 11 is 0. The molecule has 0 radical (unpaired) electrons. The summed E-state index contributed by atoms with van der Waals surface area (Å²) < 4.78 is 5.91. The summed E-state index contributed by atoms with van der Waals surface area (Å²) in [5, 5.41) is 0. The Bertz CT molecular complexity index is 584. The number of aromatic nitrogens is 2. The van der Waals surface area contributed by atoms with E-state index in [-0.39, 0.29) is 5.92 Å². The summed E-state index contributed by atoms with van der Waals surface area (Å²) in [4.78, 5) is 8.36. The van der Waals surface area contributed by atoms with E-state index in [1.165, 1.54) is 11.9 Å². The second kappa shape index (κ2) is 6.34. The number of nitrogens with two attached hydrogens (primary N) is 1. The number of nitrogens with one attached hydrogen (secondary N) is 1. The Morgan fingerprint density at radius 2 is 2.10 bits per heavy atom. The first-order chi connectivity index (χ1) is 9.65. The molecular weight excluding hydrogens is 252 g/mol. The monoisotopic (exact) mass is 272 g/mol. The van der Waals surface area contributed by atoms with Gasteiger partial charge in [0.1, 0.15) is 12.1 Å². The van der Waals surface area contributed by atoms with Crippen molar-refractivity contribution in [2.45, 2.75) is 33.1 Å². The summed E-state index contributed by atoms with van der Waals surface area (Å²) in [6.45, 7) is 6.21. The van der Waals surface area contributed by atoms with Crippen LogP contribution in [0.3, 0.4) is 0 Å². The van der Waals surface area contributed by atoms with Gasteiger partial charge in [0.15, 0.2) is 5.82 Å². The van der Waals surface area contributed by atoms with E-state index in [4.69, 9.17) is 10.6 Å². The minimum absolute atomic E-state index is 0.201. The standard InChI is InChI=1S/C15H20N4O/c1-4-11-6-5-7-12(8-11)20-15-13(10(2)3)14(19-16)17-9-18-15/h5-10H,4,16H2,1-3H3,(H,17,18,19). The lowest BCUT2D eigenvalue weighted by atomic mass is 10.1. The SMILES string of the molecule is CCc1cccc(Oc2ncnc(NN)c2C(C)C)c1. The molecule has 0 fully saturated rings. The molecule has 0 unspecified atom stereocenters. The number of nitrogen functional groups attached to an aromatic ring is 1. The molecule has 0 aliphatic heterocycles. The fourth-order valence-corrected chi connectivity index (χ4v) is 2.04. The van der Waals surface area contributed by atoms with Crippen molar-refractivity contribution in [3.05, 3.63) is 41.7 Å². The van der Waals surface area contributed by atoms with Crippen molar-refractivity contribution >= 4 is 5.82 Å². The number of rotatable bonds is 5. The third-order valence-electron chi connectivity index (χ3n) is 3.08. The summed E-state index contributed by atoms with van der Waals surface area (Å²) in [5.74, 6) is 7.60. The average molecular weight is 272 g/mol. The van der Waals surface area contributed by atoms with E-state index >= 15 is 0 Å². The molecule has 20 heavy (non-hydrogen) atoms. The highest BCUT2D eigenvalue weighted by atomic mass is 16.5. The Balaban J connectivity index is 2.37. The minimum atomic E-state index is 0.201. The molecule has 1 aromatic carbocycles. The first-order valence-corrected chi connectivity index (χ1v) is 6.74. The number of aryl methyl sites for hydroxylation is 1. The summed E-state index contributed by atoms with van der Waals surface area (Å²) in [6, 6.07) is 7.98. The topological polar surface area (TPSA) is 73.1 Å². The van der Waals surface area contributed by atoms with Crippen LogP contribution < -0.4 is 16.0 Å². The molecule has 0 amide bonds. The minimum Gasteiger partial charge on any atom is -0.439 e. The van der Waals surface area contributed by atoms with E-state index in [1.54, 1.807) is 0 Å². The predicted molar refractivity (Wildman–Crippen MR) is 79.8 cm³/mol. The fraction of sp³-hybridized carbons (Fsp3) is 0.333. The van der Waals surface area contributed by atoms with Crippen LogP contribution in [-0.4, -0.2) is 9.97 Å². The van der Waals surface area contributed by atoms with Gasteiger partial charge in [0.25, 0.3) is 0 Å². The third-order valence-corrected chi connectivity index (χ3v) is 3.08. The van der Waals surface area contributed by atoms with E-state index < -0.39 is 0 Å². The van der Waals surface area contributed by atoms with Crippen LogP contribution >= 0.6 is 0 Å². The zero-order valence-corrected chi connectivity index (χ0v) is 12.1. The van der Waals surface area contributed by atoms with Gasteiger partial charge >= 0.3 is 0 Å². The largest absolute Gasteiger partial charge is 0.439 e. The van der Waals surface area contributed by atoms with E-state index in [0.717, 1.165) is 17.7 Å². The Morgan fingerprint density at radius 3 is 2.75 bits per heavy atom. The highest BCUT2D eigenvalue weighted by Crippen LogP contribution is 2.32. The van der Waals surface area contributed by atoms with Gasteiger partial charge in [0, 0.05) is 0 Å². The highest BCUT2D eigenvalue weighted by Gasteiger charge is 2.16. The lowest BCUT2D eigenvalue weighted by Crippen LogP contribution is -2.13. The van der Waals surface area contributed by atoms with Gasteiger partial charge in [0.2, 0.25) is 5.88 Å². The molecule has 1 heterocycles. The lowest BCUT2D eigenvalue weighted by molar-refractivity contribution is 0.451. The molecule has 0 atom stereocenters. The number of anilines is 1. The number of ether oxygens (including phenoxy) is 1. The van der Waals surface area contributed by atoms with Crippen LogP contribution in [0.5, 0.6) is 11.6 Å². The molecule has 5 nitrogen and oxygen atoms in total. The first kappa shape index (κ1) is 14.3. The van der Waals surface area contributed by atoms with E-state index in [1.807, 2.05) is 18.2 Å². The van der Waals surface area contributed by atoms with E-state index in [9.17, 15) is 0 Å². The van der Waals surface area contributed by atoms with Crippen LogP contribution in [0.1, 0.15) is 37.8 Å². The molecule has 0 saturated heterocycles. The summed E-state index contributed by atoms with van der Waals surface area (Å²) in [5.41, 5.74) is 4.69. The maximum Gasteiger partial charge on any atom is 0.227 e. The molecule has 106 valence electrons. The molecule has 0 aliphatic rings. The van der Waals surface area contributed by atoms with Crippen LogP contribution in [0.15, 0.2) is 30.6 Å². The van der Waals surface area contributed by atoms with Crippen LogP contribution in [-0.2, 0) is 6.42 Å². The molecule has 5 heteroatoms. The molecule has 0 spiro atoms. The molecule has 3 N–H and O–H groups in total. The maximum absolute atomic E-state index is 5.91. The predicted octanol–water partition coefficient (Wildman–Crippen LogP) is 3.24. The number of hydrazine groups is 1. The molecule has 0 aliphatic carbocycles. The fourth-order valence-electron chi connectivity index (χ4n) is 2.04. The Hall–Kier alpha value is -2.14. The zero-order valence-electron chi connectivity index (χ0n) is 12.1. The molecule has 0 saturated carbocycles. The first-order valence-electron chi connectivity index (χ1n) is 6.74. The lowest BCUT2D eigenvalue weighted by Gasteiger charge is -2.15. The van der Waals surface area contributed by atoms with Crippen molar-refractivity contribution < 1.29 is 4.74 Å².